The molecule has 0 spiro atoms. The second-order valence-electron chi connectivity index (χ2n) is 5.87. The number of likely N-dealkylation sites (tertiary alicyclic amines) is 1. The highest BCUT2D eigenvalue weighted by Crippen LogP contribution is 2.23. The van der Waals surface area contributed by atoms with Gasteiger partial charge in [0.2, 0.25) is 0 Å². The molecule has 2 heterocycles. The third kappa shape index (κ3) is 3.63. The molecule has 0 saturated carbocycles. The molecule has 1 aromatic heterocycles. The average Bonchev–Trinajstić information content (AvgIpc) is 2.97. The second kappa shape index (κ2) is 6.88. The number of pyridine rings is 1. The second-order valence-corrected chi connectivity index (χ2v) is 5.87. The summed E-state index contributed by atoms with van der Waals surface area (Å²) in [5.74, 6) is 1.31. The number of halogens is 1. The molecule has 3 rings (SSSR count). The Morgan fingerprint density at radius 3 is 2.82 bits per heavy atom. The Balaban J connectivity index is 1.54. The van der Waals surface area contributed by atoms with E-state index in [1.165, 1.54) is 11.6 Å². The standard InChI is InChI=1S/C18H21FN2O/c1-22-16-6-4-14(5-7-16)11-15-8-10-21(12-15)13-18-17(19)3-2-9-20-18/h2-7,9,15H,8,10-13H2,1H3. The molecule has 22 heavy (non-hydrogen) atoms. The third-order valence-electron chi connectivity index (χ3n) is 4.26. The average molecular weight is 300 g/mol. The molecule has 1 saturated heterocycles. The number of nitrogens with zero attached hydrogens (tertiary/aromatic N) is 2. The van der Waals surface area contributed by atoms with Gasteiger partial charge in [0.25, 0.3) is 0 Å². The van der Waals surface area contributed by atoms with Gasteiger partial charge in [0, 0.05) is 19.3 Å². The van der Waals surface area contributed by atoms with E-state index >= 15 is 0 Å². The Hall–Kier alpha value is -1.94. The van der Waals surface area contributed by atoms with E-state index in [1.54, 1.807) is 19.4 Å². The minimum Gasteiger partial charge on any atom is -0.497 e. The van der Waals surface area contributed by atoms with Gasteiger partial charge >= 0.3 is 0 Å². The number of methoxy groups -OCH3 is 1. The fourth-order valence-corrected chi connectivity index (χ4v) is 3.06. The van der Waals surface area contributed by atoms with Gasteiger partial charge in [-0.05, 0) is 55.1 Å². The normalized spacial score (nSPS) is 18.5. The summed E-state index contributed by atoms with van der Waals surface area (Å²) in [5, 5.41) is 0. The quantitative estimate of drug-likeness (QED) is 0.847. The minimum atomic E-state index is -0.207. The van der Waals surface area contributed by atoms with Crippen LogP contribution >= 0.6 is 0 Å². The molecule has 0 aliphatic carbocycles. The summed E-state index contributed by atoms with van der Waals surface area (Å²) in [4.78, 5) is 6.43. The molecular formula is C18H21FN2O. The summed E-state index contributed by atoms with van der Waals surface area (Å²) in [6.07, 6.45) is 3.87. The number of rotatable bonds is 5. The van der Waals surface area contributed by atoms with Crippen LogP contribution in [0.3, 0.4) is 0 Å². The van der Waals surface area contributed by atoms with Crippen LogP contribution in [-0.2, 0) is 13.0 Å². The molecule has 0 bridgehead atoms. The molecule has 0 radical (unpaired) electrons. The number of hydrogen-bond donors (Lipinski definition) is 0. The van der Waals surface area contributed by atoms with Crippen LogP contribution in [0.2, 0.25) is 0 Å². The van der Waals surface area contributed by atoms with Gasteiger partial charge in [-0.25, -0.2) is 4.39 Å². The van der Waals surface area contributed by atoms with Crippen molar-refractivity contribution < 1.29 is 9.13 Å². The van der Waals surface area contributed by atoms with Crippen molar-refractivity contribution >= 4 is 0 Å². The molecule has 1 fully saturated rings. The van der Waals surface area contributed by atoms with Crippen molar-refractivity contribution in [2.24, 2.45) is 5.92 Å². The highest BCUT2D eigenvalue weighted by atomic mass is 19.1. The van der Waals surface area contributed by atoms with Gasteiger partial charge < -0.3 is 4.74 Å². The Bertz CT molecular complexity index is 615. The van der Waals surface area contributed by atoms with E-state index in [-0.39, 0.29) is 5.82 Å². The van der Waals surface area contributed by atoms with Crippen molar-refractivity contribution in [1.82, 2.24) is 9.88 Å². The maximum atomic E-state index is 13.7. The monoisotopic (exact) mass is 300 g/mol. The van der Waals surface area contributed by atoms with Gasteiger partial charge in [0.1, 0.15) is 11.6 Å². The van der Waals surface area contributed by atoms with E-state index in [9.17, 15) is 4.39 Å². The van der Waals surface area contributed by atoms with Gasteiger partial charge in [-0.15, -0.1) is 0 Å². The number of ether oxygens (including phenoxy) is 1. The van der Waals surface area contributed by atoms with Crippen LogP contribution in [0.5, 0.6) is 5.75 Å². The molecule has 1 aliphatic heterocycles. The van der Waals surface area contributed by atoms with Gasteiger partial charge in [0.05, 0.1) is 12.8 Å². The molecule has 0 N–H and O–H groups in total. The van der Waals surface area contributed by atoms with E-state index in [0.717, 1.165) is 31.7 Å². The lowest BCUT2D eigenvalue weighted by atomic mass is 9.99. The van der Waals surface area contributed by atoms with Crippen molar-refractivity contribution in [3.63, 3.8) is 0 Å². The first-order valence-electron chi connectivity index (χ1n) is 7.69. The SMILES string of the molecule is COc1ccc(CC2CCN(Cc3ncccc3F)C2)cc1. The van der Waals surface area contributed by atoms with E-state index in [2.05, 4.69) is 22.0 Å². The van der Waals surface area contributed by atoms with Crippen LogP contribution in [0, 0.1) is 11.7 Å². The Morgan fingerprint density at radius 1 is 1.27 bits per heavy atom. The molecule has 4 heteroatoms. The number of benzene rings is 1. The Labute approximate surface area is 130 Å². The molecule has 3 nitrogen and oxygen atoms in total. The largest absolute Gasteiger partial charge is 0.497 e. The molecule has 2 aromatic rings. The van der Waals surface area contributed by atoms with E-state index in [1.807, 2.05) is 12.1 Å². The topological polar surface area (TPSA) is 25.4 Å². The lowest BCUT2D eigenvalue weighted by Crippen LogP contribution is -2.22. The van der Waals surface area contributed by atoms with Crippen LogP contribution < -0.4 is 4.74 Å². The molecule has 1 unspecified atom stereocenters. The predicted molar refractivity (Wildman–Crippen MR) is 84.3 cm³/mol. The molecule has 1 aromatic carbocycles. The van der Waals surface area contributed by atoms with Crippen LogP contribution in [0.4, 0.5) is 4.39 Å². The lowest BCUT2D eigenvalue weighted by molar-refractivity contribution is 0.306. The highest BCUT2D eigenvalue weighted by Gasteiger charge is 2.23. The first-order chi connectivity index (χ1) is 10.7. The summed E-state index contributed by atoms with van der Waals surface area (Å²) < 4.78 is 18.8. The van der Waals surface area contributed by atoms with Gasteiger partial charge in [-0.1, -0.05) is 12.1 Å². The maximum Gasteiger partial charge on any atom is 0.146 e. The molecule has 1 atom stereocenters. The third-order valence-corrected chi connectivity index (χ3v) is 4.26. The highest BCUT2D eigenvalue weighted by molar-refractivity contribution is 5.27. The summed E-state index contributed by atoms with van der Waals surface area (Å²) in [6.45, 7) is 2.62. The van der Waals surface area contributed by atoms with Gasteiger partial charge in [0.15, 0.2) is 0 Å². The fourth-order valence-electron chi connectivity index (χ4n) is 3.06. The summed E-state index contributed by atoms with van der Waals surface area (Å²) >= 11 is 0. The fraction of sp³-hybridized carbons (Fsp3) is 0.389. The van der Waals surface area contributed by atoms with Crippen LogP contribution in [0.1, 0.15) is 17.7 Å². The van der Waals surface area contributed by atoms with E-state index in [0.29, 0.717) is 18.2 Å². The Kier molecular flexibility index (Phi) is 4.68. The zero-order valence-electron chi connectivity index (χ0n) is 12.8. The predicted octanol–water partition coefficient (Wildman–Crippen LogP) is 3.29. The first kappa shape index (κ1) is 15.0. The first-order valence-corrected chi connectivity index (χ1v) is 7.69. The maximum absolute atomic E-state index is 13.7. The van der Waals surface area contributed by atoms with Crippen LogP contribution in [0.25, 0.3) is 0 Å². The van der Waals surface area contributed by atoms with Crippen molar-refractivity contribution in [2.75, 3.05) is 20.2 Å². The van der Waals surface area contributed by atoms with E-state index in [4.69, 9.17) is 4.74 Å². The summed E-state index contributed by atoms with van der Waals surface area (Å²) in [6, 6.07) is 11.4. The zero-order valence-corrected chi connectivity index (χ0v) is 12.8. The lowest BCUT2D eigenvalue weighted by Gasteiger charge is -2.16. The number of hydrogen-bond acceptors (Lipinski definition) is 3. The molecular weight excluding hydrogens is 279 g/mol. The zero-order chi connectivity index (χ0) is 15.4. The Morgan fingerprint density at radius 2 is 2.09 bits per heavy atom. The number of aromatic nitrogens is 1. The van der Waals surface area contributed by atoms with Gasteiger partial charge in [-0.2, -0.15) is 0 Å². The minimum absolute atomic E-state index is 0.207. The molecule has 116 valence electrons. The summed E-state index contributed by atoms with van der Waals surface area (Å²) in [7, 11) is 1.68. The van der Waals surface area contributed by atoms with E-state index < -0.39 is 0 Å². The van der Waals surface area contributed by atoms with Crippen molar-refractivity contribution in [1.29, 1.82) is 0 Å². The smallest absolute Gasteiger partial charge is 0.146 e. The van der Waals surface area contributed by atoms with Gasteiger partial charge in [-0.3, -0.25) is 9.88 Å². The van der Waals surface area contributed by atoms with Crippen molar-refractivity contribution in [2.45, 2.75) is 19.4 Å². The molecule has 0 amide bonds. The van der Waals surface area contributed by atoms with Crippen LogP contribution in [0.15, 0.2) is 42.6 Å². The molecule has 1 aliphatic rings. The summed E-state index contributed by atoms with van der Waals surface area (Å²) in [5.41, 5.74) is 1.88. The van der Waals surface area contributed by atoms with Crippen molar-refractivity contribution in [3.8, 4) is 5.75 Å². The van der Waals surface area contributed by atoms with Crippen LogP contribution in [-0.4, -0.2) is 30.1 Å². The van der Waals surface area contributed by atoms with Crippen molar-refractivity contribution in [3.05, 3.63) is 59.7 Å².